The fraction of sp³-hybridized carbons (Fsp3) is 0.350. The number of rotatable bonds is 7. The number of nitrogens with zero attached hydrogens (tertiary/aromatic N) is 1. The van der Waals surface area contributed by atoms with E-state index in [0.29, 0.717) is 23.7 Å². The summed E-state index contributed by atoms with van der Waals surface area (Å²) in [6.45, 7) is 7.83. The van der Waals surface area contributed by atoms with Crippen molar-refractivity contribution in [3.8, 4) is 5.75 Å². The Kier molecular flexibility index (Phi) is 6.49. The SMILES string of the molecule is CCOc1ccc(N(C(C)C(=O)Nc2cc(C)cc(C)c2)S(C)(=O)=O)cc1. The highest BCUT2D eigenvalue weighted by atomic mass is 32.2. The van der Waals surface area contributed by atoms with Gasteiger partial charge in [0.2, 0.25) is 15.9 Å². The molecule has 1 atom stereocenters. The number of amides is 1. The van der Waals surface area contributed by atoms with E-state index in [4.69, 9.17) is 4.74 Å². The fourth-order valence-corrected chi connectivity index (χ4v) is 4.13. The molecule has 2 rings (SSSR count). The third kappa shape index (κ3) is 5.47. The van der Waals surface area contributed by atoms with E-state index in [1.807, 2.05) is 39.0 Å². The zero-order valence-electron chi connectivity index (χ0n) is 16.3. The summed E-state index contributed by atoms with van der Waals surface area (Å²) in [5.74, 6) is 0.237. The van der Waals surface area contributed by atoms with Crippen molar-refractivity contribution < 1.29 is 17.9 Å². The Morgan fingerprint density at radius 3 is 2.15 bits per heavy atom. The molecule has 0 fully saturated rings. The molecule has 1 amide bonds. The van der Waals surface area contributed by atoms with Crippen LogP contribution in [-0.4, -0.2) is 33.2 Å². The molecule has 0 aromatic heterocycles. The Balaban J connectivity index is 2.28. The van der Waals surface area contributed by atoms with Gasteiger partial charge in [0.15, 0.2) is 0 Å². The smallest absolute Gasteiger partial charge is 0.247 e. The van der Waals surface area contributed by atoms with Crippen LogP contribution in [0.3, 0.4) is 0 Å². The second kappa shape index (κ2) is 8.43. The molecule has 0 bridgehead atoms. The predicted molar refractivity (Wildman–Crippen MR) is 109 cm³/mol. The van der Waals surface area contributed by atoms with Crippen molar-refractivity contribution in [3.63, 3.8) is 0 Å². The van der Waals surface area contributed by atoms with Crippen LogP contribution in [0.4, 0.5) is 11.4 Å². The van der Waals surface area contributed by atoms with Gasteiger partial charge in [-0.25, -0.2) is 8.42 Å². The zero-order chi connectivity index (χ0) is 20.2. The van der Waals surface area contributed by atoms with Gasteiger partial charge in [-0.1, -0.05) is 6.07 Å². The van der Waals surface area contributed by atoms with Crippen LogP contribution in [0.1, 0.15) is 25.0 Å². The minimum atomic E-state index is -3.66. The van der Waals surface area contributed by atoms with E-state index >= 15 is 0 Å². The predicted octanol–water partition coefficient (Wildman–Crippen LogP) is 3.50. The van der Waals surface area contributed by atoms with Crippen LogP contribution in [0.25, 0.3) is 0 Å². The number of benzene rings is 2. The summed E-state index contributed by atoms with van der Waals surface area (Å²) >= 11 is 0. The minimum absolute atomic E-state index is 0.403. The molecule has 27 heavy (non-hydrogen) atoms. The average molecular weight is 391 g/mol. The van der Waals surface area contributed by atoms with E-state index in [1.165, 1.54) is 0 Å². The van der Waals surface area contributed by atoms with Gasteiger partial charge in [-0.2, -0.15) is 0 Å². The molecule has 0 aliphatic heterocycles. The first kappa shape index (κ1) is 20.8. The van der Waals surface area contributed by atoms with Crippen LogP contribution in [0.5, 0.6) is 5.75 Å². The maximum Gasteiger partial charge on any atom is 0.247 e. The molecule has 0 radical (unpaired) electrons. The first-order valence-electron chi connectivity index (χ1n) is 8.73. The van der Waals surface area contributed by atoms with E-state index in [1.54, 1.807) is 31.2 Å². The van der Waals surface area contributed by atoms with Gasteiger partial charge in [0, 0.05) is 5.69 Å². The summed E-state index contributed by atoms with van der Waals surface area (Å²) in [6, 6.07) is 11.4. The average Bonchev–Trinajstić information content (AvgIpc) is 2.54. The Morgan fingerprint density at radius 1 is 1.11 bits per heavy atom. The van der Waals surface area contributed by atoms with Crippen molar-refractivity contribution in [2.24, 2.45) is 0 Å². The summed E-state index contributed by atoms with van der Waals surface area (Å²) in [4.78, 5) is 12.7. The van der Waals surface area contributed by atoms with Crippen LogP contribution >= 0.6 is 0 Å². The highest BCUT2D eigenvalue weighted by molar-refractivity contribution is 7.92. The van der Waals surface area contributed by atoms with Crippen molar-refractivity contribution in [1.82, 2.24) is 0 Å². The minimum Gasteiger partial charge on any atom is -0.494 e. The Bertz CT molecular complexity index is 888. The van der Waals surface area contributed by atoms with Gasteiger partial charge in [-0.05, 0) is 75.2 Å². The first-order valence-corrected chi connectivity index (χ1v) is 10.6. The Morgan fingerprint density at radius 2 is 1.67 bits per heavy atom. The molecule has 0 heterocycles. The molecule has 6 nitrogen and oxygen atoms in total. The molecule has 146 valence electrons. The van der Waals surface area contributed by atoms with Crippen LogP contribution in [-0.2, 0) is 14.8 Å². The van der Waals surface area contributed by atoms with Gasteiger partial charge in [-0.15, -0.1) is 0 Å². The standard InChI is InChI=1S/C20H26N2O4S/c1-6-26-19-9-7-18(8-10-19)22(27(5,24)25)16(4)20(23)21-17-12-14(2)11-15(3)13-17/h7-13,16H,6H2,1-5H3,(H,21,23). The molecule has 0 spiro atoms. The molecule has 2 aromatic carbocycles. The number of hydrogen-bond donors (Lipinski definition) is 1. The number of ether oxygens (including phenoxy) is 1. The maximum absolute atomic E-state index is 12.7. The zero-order valence-corrected chi connectivity index (χ0v) is 17.1. The third-order valence-electron chi connectivity index (χ3n) is 3.98. The number of hydrogen-bond acceptors (Lipinski definition) is 4. The van der Waals surface area contributed by atoms with Crippen molar-refractivity contribution in [2.45, 2.75) is 33.7 Å². The second-order valence-electron chi connectivity index (χ2n) is 6.53. The Labute approximate surface area is 161 Å². The fourth-order valence-electron chi connectivity index (χ4n) is 2.96. The van der Waals surface area contributed by atoms with Crippen LogP contribution < -0.4 is 14.4 Å². The van der Waals surface area contributed by atoms with Gasteiger partial charge in [0.05, 0.1) is 18.6 Å². The normalized spacial score (nSPS) is 12.3. The molecule has 0 saturated heterocycles. The lowest BCUT2D eigenvalue weighted by atomic mass is 10.1. The molecule has 0 saturated carbocycles. The highest BCUT2D eigenvalue weighted by Gasteiger charge is 2.29. The molecular formula is C20H26N2O4S. The number of anilines is 2. The monoisotopic (exact) mass is 390 g/mol. The van der Waals surface area contributed by atoms with E-state index in [-0.39, 0.29) is 0 Å². The second-order valence-corrected chi connectivity index (χ2v) is 8.39. The third-order valence-corrected chi connectivity index (χ3v) is 5.22. The van der Waals surface area contributed by atoms with Crippen LogP contribution in [0, 0.1) is 13.8 Å². The highest BCUT2D eigenvalue weighted by Crippen LogP contribution is 2.25. The summed E-state index contributed by atoms with van der Waals surface area (Å²) in [7, 11) is -3.66. The summed E-state index contributed by atoms with van der Waals surface area (Å²) < 4.78 is 31.2. The van der Waals surface area contributed by atoms with Crippen molar-refractivity contribution in [2.75, 3.05) is 22.5 Å². The Hall–Kier alpha value is -2.54. The van der Waals surface area contributed by atoms with E-state index < -0.39 is 22.0 Å². The van der Waals surface area contributed by atoms with Crippen molar-refractivity contribution in [3.05, 3.63) is 53.6 Å². The molecule has 1 N–H and O–H groups in total. The number of sulfonamides is 1. The van der Waals surface area contributed by atoms with E-state index in [9.17, 15) is 13.2 Å². The maximum atomic E-state index is 12.7. The molecule has 0 aliphatic rings. The molecular weight excluding hydrogens is 364 g/mol. The van der Waals surface area contributed by atoms with Gasteiger partial charge >= 0.3 is 0 Å². The van der Waals surface area contributed by atoms with Crippen LogP contribution in [0.15, 0.2) is 42.5 Å². The topological polar surface area (TPSA) is 75.7 Å². The van der Waals surface area contributed by atoms with E-state index in [0.717, 1.165) is 21.7 Å². The van der Waals surface area contributed by atoms with Gasteiger partial charge < -0.3 is 10.1 Å². The number of carbonyl (C=O) groups is 1. The van der Waals surface area contributed by atoms with Crippen LogP contribution in [0.2, 0.25) is 0 Å². The number of aryl methyl sites for hydroxylation is 2. The van der Waals surface area contributed by atoms with Gasteiger partial charge in [0.1, 0.15) is 11.8 Å². The quantitative estimate of drug-likeness (QED) is 0.785. The molecule has 1 unspecified atom stereocenters. The number of carbonyl (C=O) groups excluding carboxylic acids is 1. The van der Waals surface area contributed by atoms with Gasteiger partial charge in [-0.3, -0.25) is 9.10 Å². The lowest BCUT2D eigenvalue weighted by Crippen LogP contribution is -2.45. The van der Waals surface area contributed by atoms with E-state index in [2.05, 4.69) is 5.32 Å². The molecule has 0 aliphatic carbocycles. The summed E-state index contributed by atoms with van der Waals surface area (Å²) in [5, 5.41) is 2.81. The molecule has 7 heteroatoms. The van der Waals surface area contributed by atoms with Crippen molar-refractivity contribution >= 4 is 27.3 Å². The van der Waals surface area contributed by atoms with Crippen molar-refractivity contribution in [1.29, 1.82) is 0 Å². The first-order chi connectivity index (χ1) is 12.6. The lowest BCUT2D eigenvalue weighted by molar-refractivity contribution is -0.116. The summed E-state index contributed by atoms with van der Waals surface area (Å²) in [5.41, 5.74) is 3.09. The largest absolute Gasteiger partial charge is 0.494 e. The van der Waals surface area contributed by atoms with Gasteiger partial charge in [0.25, 0.3) is 0 Å². The lowest BCUT2D eigenvalue weighted by Gasteiger charge is -2.28. The molecule has 2 aromatic rings. The number of nitrogens with one attached hydrogen (secondary N) is 1. The summed E-state index contributed by atoms with van der Waals surface area (Å²) in [6.07, 6.45) is 1.09.